The molecule has 0 aliphatic rings. The highest BCUT2D eigenvalue weighted by molar-refractivity contribution is 6.31. The van der Waals surface area contributed by atoms with Crippen LogP contribution in [-0.4, -0.2) is 31.4 Å². The van der Waals surface area contributed by atoms with E-state index in [1.54, 1.807) is 12.1 Å². The summed E-state index contributed by atoms with van der Waals surface area (Å²) >= 11 is 12.2. The highest BCUT2D eigenvalue weighted by atomic mass is 35.5. The number of hydrogen-bond donors (Lipinski definition) is 1. The quantitative estimate of drug-likeness (QED) is 0.694. The van der Waals surface area contributed by atoms with Gasteiger partial charge in [0.05, 0.1) is 11.4 Å². The van der Waals surface area contributed by atoms with Gasteiger partial charge in [0.1, 0.15) is 5.58 Å². The topological polar surface area (TPSA) is 62.6 Å². The summed E-state index contributed by atoms with van der Waals surface area (Å²) < 4.78 is 5.57. The number of halogens is 2. The first-order valence-electron chi connectivity index (χ1n) is 8.29. The van der Waals surface area contributed by atoms with Crippen molar-refractivity contribution in [3.05, 3.63) is 80.1 Å². The minimum absolute atomic E-state index is 0.0495. The molecule has 3 rings (SSSR count). The van der Waals surface area contributed by atoms with E-state index in [9.17, 15) is 9.59 Å². The fourth-order valence-electron chi connectivity index (χ4n) is 2.83. The Morgan fingerprint density at radius 3 is 2.59 bits per heavy atom. The Balaban J connectivity index is 1.82. The normalized spacial score (nSPS) is 12.3. The first kappa shape index (κ1) is 19.4. The van der Waals surface area contributed by atoms with Gasteiger partial charge in [0.25, 0.3) is 5.91 Å². The van der Waals surface area contributed by atoms with Crippen molar-refractivity contribution in [3.8, 4) is 0 Å². The Morgan fingerprint density at radius 2 is 1.89 bits per heavy atom. The standard InChI is InChI=1S/C20H18Cl2N2O3/c1-24(2)16(13-5-3-4-6-15(13)22)11-23-20(26)19-10-17(25)14-9-12(21)7-8-18(14)27-19/h3-10,16H,11H2,1-2H3,(H,23,26)/t16-/m0/s1. The third-order valence-corrected chi connectivity index (χ3v) is 4.84. The lowest BCUT2D eigenvalue weighted by molar-refractivity contribution is 0.0914. The summed E-state index contributed by atoms with van der Waals surface area (Å²) in [5, 5.41) is 4.20. The van der Waals surface area contributed by atoms with E-state index in [-0.39, 0.29) is 17.2 Å². The van der Waals surface area contributed by atoms with Crippen LogP contribution in [0.25, 0.3) is 11.0 Å². The number of carbonyl (C=O) groups excluding carboxylic acids is 1. The van der Waals surface area contributed by atoms with Gasteiger partial charge >= 0.3 is 0 Å². The van der Waals surface area contributed by atoms with Crippen LogP contribution in [0.5, 0.6) is 0 Å². The van der Waals surface area contributed by atoms with Crippen molar-refractivity contribution in [1.29, 1.82) is 0 Å². The predicted molar refractivity (Wildman–Crippen MR) is 108 cm³/mol. The van der Waals surface area contributed by atoms with E-state index in [1.165, 1.54) is 12.1 Å². The van der Waals surface area contributed by atoms with Crippen molar-refractivity contribution >= 4 is 40.1 Å². The highest BCUT2D eigenvalue weighted by Gasteiger charge is 2.19. The van der Waals surface area contributed by atoms with Crippen molar-refractivity contribution in [2.75, 3.05) is 20.6 Å². The molecule has 0 aliphatic heterocycles. The molecule has 5 nitrogen and oxygen atoms in total. The van der Waals surface area contributed by atoms with Gasteiger partial charge in [-0.15, -0.1) is 0 Å². The monoisotopic (exact) mass is 404 g/mol. The largest absolute Gasteiger partial charge is 0.451 e. The summed E-state index contributed by atoms with van der Waals surface area (Å²) in [7, 11) is 3.81. The summed E-state index contributed by atoms with van der Waals surface area (Å²) in [5.74, 6) is -0.519. The summed E-state index contributed by atoms with van der Waals surface area (Å²) in [6, 6.07) is 13.2. The van der Waals surface area contributed by atoms with Gasteiger partial charge < -0.3 is 14.6 Å². The molecule has 1 aromatic heterocycles. The van der Waals surface area contributed by atoms with Crippen LogP contribution >= 0.6 is 23.2 Å². The number of carbonyl (C=O) groups is 1. The van der Waals surface area contributed by atoms with Crippen LogP contribution in [-0.2, 0) is 0 Å². The molecular formula is C20H18Cl2N2O3. The minimum atomic E-state index is -0.470. The number of nitrogens with one attached hydrogen (secondary N) is 1. The van der Waals surface area contributed by atoms with E-state index < -0.39 is 5.91 Å². The third-order valence-electron chi connectivity index (χ3n) is 4.26. The molecule has 0 fully saturated rings. The van der Waals surface area contributed by atoms with Gasteiger partial charge in [-0.3, -0.25) is 9.59 Å². The lowest BCUT2D eigenvalue weighted by Crippen LogP contribution is -2.35. The molecule has 0 aliphatic carbocycles. The molecule has 2 aromatic carbocycles. The number of fused-ring (bicyclic) bond motifs is 1. The average molecular weight is 405 g/mol. The first-order valence-corrected chi connectivity index (χ1v) is 9.05. The number of amides is 1. The maximum absolute atomic E-state index is 12.5. The van der Waals surface area contributed by atoms with Crippen LogP contribution in [0.1, 0.15) is 22.2 Å². The molecule has 0 unspecified atom stereocenters. The zero-order valence-corrected chi connectivity index (χ0v) is 16.3. The molecule has 0 radical (unpaired) electrons. The molecule has 0 saturated carbocycles. The number of hydrogen-bond acceptors (Lipinski definition) is 4. The number of benzene rings is 2. The maximum Gasteiger partial charge on any atom is 0.287 e. The van der Waals surface area contributed by atoms with E-state index in [0.29, 0.717) is 27.6 Å². The zero-order chi connectivity index (χ0) is 19.6. The fraction of sp³-hybridized carbons (Fsp3) is 0.200. The Hall–Kier alpha value is -2.34. The van der Waals surface area contributed by atoms with Crippen molar-refractivity contribution in [1.82, 2.24) is 10.2 Å². The molecule has 27 heavy (non-hydrogen) atoms. The fourth-order valence-corrected chi connectivity index (χ4v) is 3.27. The molecule has 0 spiro atoms. The van der Waals surface area contributed by atoms with Crippen LogP contribution in [0.15, 0.2) is 57.7 Å². The predicted octanol–water partition coefficient (Wildman–Crippen LogP) is 4.13. The molecule has 1 N–H and O–H groups in total. The Bertz CT molecular complexity index is 1050. The summed E-state index contributed by atoms with van der Waals surface area (Å²) in [6.07, 6.45) is 0. The molecule has 7 heteroatoms. The van der Waals surface area contributed by atoms with Gasteiger partial charge in [-0.1, -0.05) is 41.4 Å². The van der Waals surface area contributed by atoms with E-state index in [4.69, 9.17) is 27.6 Å². The lowest BCUT2D eigenvalue weighted by Gasteiger charge is -2.25. The van der Waals surface area contributed by atoms with E-state index in [0.717, 1.165) is 5.56 Å². The van der Waals surface area contributed by atoms with E-state index in [2.05, 4.69) is 5.32 Å². The number of rotatable bonds is 5. The lowest BCUT2D eigenvalue weighted by atomic mass is 10.1. The van der Waals surface area contributed by atoms with Crippen LogP contribution in [0.2, 0.25) is 10.0 Å². The Morgan fingerprint density at radius 1 is 1.15 bits per heavy atom. The number of likely N-dealkylation sites (N-methyl/N-ethyl adjacent to an activating group) is 1. The van der Waals surface area contributed by atoms with Gasteiger partial charge in [-0.25, -0.2) is 0 Å². The average Bonchev–Trinajstić information content (AvgIpc) is 2.63. The van der Waals surface area contributed by atoms with Crippen molar-refractivity contribution in [2.45, 2.75) is 6.04 Å². The summed E-state index contributed by atoms with van der Waals surface area (Å²) in [5.41, 5.74) is 0.894. The van der Waals surface area contributed by atoms with E-state index >= 15 is 0 Å². The van der Waals surface area contributed by atoms with Crippen LogP contribution in [0.3, 0.4) is 0 Å². The van der Waals surface area contributed by atoms with Crippen molar-refractivity contribution in [3.63, 3.8) is 0 Å². The van der Waals surface area contributed by atoms with Gasteiger partial charge in [0.2, 0.25) is 0 Å². The number of nitrogens with zero attached hydrogens (tertiary/aromatic N) is 1. The van der Waals surface area contributed by atoms with Gasteiger partial charge in [0, 0.05) is 22.7 Å². The first-order chi connectivity index (χ1) is 12.9. The highest BCUT2D eigenvalue weighted by Crippen LogP contribution is 2.25. The van der Waals surface area contributed by atoms with Crippen LogP contribution < -0.4 is 10.7 Å². The molecule has 0 bridgehead atoms. The molecule has 0 saturated heterocycles. The van der Waals surface area contributed by atoms with Crippen LogP contribution in [0.4, 0.5) is 0 Å². The zero-order valence-electron chi connectivity index (χ0n) is 14.8. The minimum Gasteiger partial charge on any atom is -0.451 e. The van der Waals surface area contributed by atoms with Crippen molar-refractivity contribution < 1.29 is 9.21 Å². The molecule has 3 aromatic rings. The smallest absolute Gasteiger partial charge is 0.287 e. The Labute approximate surface area is 166 Å². The second-order valence-electron chi connectivity index (χ2n) is 6.33. The van der Waals surface area contributed by atoms with Crippen molar-refractivity contribution in [2.24, 2.45) is 0 Å². The summed E-state index contributed by atoms with van der Waals surface area (Å²) in [4.78, 5) is 26.7. The molecule has 1 atom stereocenters. The SMILES string of the molecule is CN(C)[C@@H](CNC(=O)c1cc(=O)c2cc(Cl)ccc2o1)c1ccccc1Cl. The molecular weight excluding hydrogens is 387 g/mol. The van der Waals surface area contributed by atoms with Gasteiger partial charge in [-0.2, -0.15) is 0 Å². The van der Waals surface area contributed by atoms with Gasteiger partial charge in [-0.05, 0) is 43.9 Å². The molecule has 1 amide bonds. The second kappa shape index (κ2) is 8.13. The third kappa shape index (κ3) is 4.33. The molecule has 140 valence electrons. The Kier molecular flexibility index (Phi) is 5.85. The second-order valence-corrected chi connectivity index (χ2v) is 7.17. The molecule has 1 heterocycles. The maximum atomic E-state index is 12.5. The van der Waals surface area contributed by atoms with Gasteiger partial charge in [0.15, 0.2) is 11.2 Å². The van der Waals surface area contributed by atoms with E-state index in [1.807, 2.05) is 43.3 Å². The summed E-state index contributed by atoms with van der Waals surface area (Å²) in [6.45, 7) is 0.304. The van der Waals surface area contributed by atoms with Crippen LogP contribution in [0, 0.1) is 0 Å².